The maximum atomic E-state index is 11.5. The molecule has 0 aromatic carbocycles. The molecule has 0 fully saturated rings. The summed E-state index contributed by atoms with van der Waals surface area (Å²) in [6.07, 6.45) is 3.05. The summed E-state index contributed by atoms with van der Waals surface area (Å²) in [6.45, 7) is 7.03. The fourth-order valence-corrected chi connectivity index (χ4v) is 1.50. The van der Waals surface area contributed by atoms with E-state index in [0.29, 0.717) is 26.0 Å². The smallest absolute Gasteiger partial charge is 0.326 e. The van der Waals surface area contributed by atoms with Crippen LogP contribution >= 0.6 is 0 Å². The first-order chi connectivity index (χ1) is 8.97. The highest BCUT2D eigenvalue weighted by molar-refractivity contribution is 5.82. The van der Waals surface area contributed by atoms with Crippen LogP contribution in [0.15, 0.2) is 0 Å². The first-order valence-corrected chi connectivity index (χ1v) is 6.86. The second-order valence-corrected chi connectivity index (χ2v) is 4.71. The molecule has 0 aliphatic carbocycles. The highest BCUT2D eigenvalue weighted by Gasteiger charge is 2.18. The van der Waals surface area contributed by atoms with Crippen molar-refractivity contribution in [1.82, 2.24) is 10.6 Å². The molecule has 0 bridgehead atoms. The Bertz CT molecular complexity index is 269. The molecule has 0 saturated carbocycles. The number of aliphatic carboxylic acids is 1. The summed E-state index contributed by atoms with van der Waals surface area (Å²) in [6, 6.07) is -1.24. The summed E-state index contributed by atoms with van der Waals surface area (Å²) in [5.74, 6) is -0.998. The molecule has 0 aromatic heterocycles. The number of carbonyl (C=O) groups excluding carboxylic acids is 1. The molecule has 19 heavy (non-hydrogen) atoms. The van der Waals surface area contributed by atoms with E-state index in [0.717, 1.165) is 12.8 Å². The molecule has 0 rings (SSSR count). The van der Waals surface area contributed by atoms with Crippen LogP contribution < -0.4 is 10.6 Å². The lowest BCUT2D eigenvalue weighted by Gasteiger charge is -2.14. The molecule has 6 nitrogen and oxygen atoms in total. The fraction of sp³-hybridized carbons (Fsp3) is 0.846. The molecule has 3 N–H and O–H groups in total. The maximum absolute atomic E-state index is 11.5. The summed E-state index contributed by atoms with van der Waals surface area (Å²) >= 11 is 0. The van der Waals surface area contributed by atoms with Gasteiger partial charge in [0.15, 0.2) is 0 Å². The van der Waals surface area contributed by atoms with Crippen LogP contribution in [-0.4, -0.2) is 42.4 Å². The molecule has 0 saturated heterocycles. The summed E-state index contributed by atoms with van der Waals surface area (Å²) in [5.41, 5.74) is 0. The lowest BCUT2D eigenvalue weighted by molar-refractivity contribution is -0.139. The van der Waals surface area contributed by atoms with Crippen molar-refractivity contribution in [1.29, 1.82) is 0 Å². The van der Waals surface area contributed by atoms with E-state index in [1.807, 2.05) is 20.8 Å². The van der Waals surface area contributed by atoms with Gasteiger partial charge in [0, 0.05) is 13.2 Å². The van der Waals surface area contributed by atoms with Gasteiger partial charge in [0.2, 0.25) is 0 Å². The van der Waals surface area contributed by atoms with E-state index in [-0.39, 0.29) is 6.10 Å². The molecule has 112 valence electrons. The topological polar surface area (TPSA) is 87.7 Å². The van der Waals surface area contributed by atoms with Crippen LogP contribution in [0.1, 0.15) is 46.5 Å². The Labute approximate surface area is 114 Å². The van der Waals surface area contributed by atoms with Crippen molar-refractivity contribution >= 4 is 12.0 Å². The molecule has 0 aliphatic rings. The largest absolute Gasteiger partial charge is 0.480 e. The Kier molecular flexibility index (Phi) is 9.88. The quantitative estimate of drug-likeness (QED) is 0.530. The van der Waals surface area contributed by atoms with Crippen LogP contribution in [0, 0.1) is 0 Å². The Hall–Kier alpha value is -1.30. The van der Waals surface area contributed by atoms with E-state index in [1.54, 1.807) is 0 Å². The van der Waals surface area contributed by atoms with Crippen molar-refractivity contribution in [3.63, 3.8) is 0 Å². The van der Waals surface area contributed by atoms with Crippen LogP contribution in [0.2, 0.25) is 0 Å². The van der Waals surface area contributed by atoms with Crippen LogP contribution in [0.25, 0.3) is 0 Å². The van der Waals surface area contributed by atoms with E-state index in [2.05, 4.69) is 10.6 Å². The normalized spacial score (nSPS) is 12.2. The van der Waals surface area contributed by atoms with Crippen LogP contribution in [-0.2, 0) is 9.53 Å². The molecule has 0 aromatic rings. The third-order valence-corrected chi connectivity index (χ3v) is 2.49. The monoisotopic (exact) mass is 274 g/mol. The summed E-state index contributed by atoms with van der Waals surface area (Å²) in [7, 11) is 0. The van der Waals surface area contributed by atoms with Crippen LogP contribution in [0.5, 0.6) is 0 Å². The van der Waals surface area contributed by atoms with E-state index in [1.165, 1.54) is 0 Å². The number of nitrogens with one attached hydrogen (secondary N) is 2. The standard InChI is InChI=1S/C13H26N2O4/c1-4-7-11(12(16)17)15-13(18)14-8-5-6-9-19-10(2)3/h10-11H,4-9H2,1-3H3,(H,16,17)(H2,14,15,18)/t11-/m1/s1. The van der Waals surface area contributed by atoms with Gasteiger partial charge in [0.05, 0.1) is 6.10 Å². The average Bonchev–Trinajstić information content (AvgIpc) is 2.32. The first-order valence-electron chi connectivity index (χ1n) is 6.86. The SMILES string of the molecule is CCC[C@@H](NC(=O)NCCCCOC(C)C)C(=O)O. The number of carboxylic acids is 1. The van der Waals surface area contributed by atoms with Crippen molar-refractivity contribution < 1.29 is 19.4 Å². The average molecular weight is 274 g/mol. The zero-order valence-electron chi connectivity index (χ0n) is 12.1. The molecule has 0 heterocycles. The molecule has 6 heteroatoms. The number of amides is 2. The van der Waals surface area contributed by atoms with Gasteiger partial charge in [-0.2, -0.15) is 0 Å². The summed E-state index contributed by atoms with van der Waals surface area (Å²) in [5, 5.41) is 14.0. The first kappa shape index (κ1) is 17.7. The predicted molar refractivity (Wildman–Crippen MR) is 73.2 cm³/mol. The van der Waals surface area contributed by atoms with Crippen LogP contribution in [0.4, 0.5) is 4.79 Å². The minimum Gasteiger partial charge on any atom is -0.480 e. The molecule has 0 radical (unpaired) electrons. The summed E-state index contributed by atoms with van der Waals surface area (Å²) in [4.78, 5) is 22.3. The molecule has 0 unspecified atom stereocenters. The second kappa shape index (κ2) is 10.6. The zero-order chi connectivity index (χ0) is 14.7. The van der Waals surface area contributed by atoms with E-state index >= 15 is 0 Å². The number of ether oxygens (including phenoxy) is 1. The predicted octanol–water partition coefficient (Wildman–Crippen LogP) is 1.74. The minimum atomic E-state index is -0.998. The van der Waals surface area contributed by atoms with Crippen molar-refractivity contribution in [2.45, 2.75) is 58.6 Å². The van der Waals surface area contributed by atoms with Gasteiger partial charge >= 0.3 is 12.0 Å². The third-order valence-electron chi connectivity index (χ3n) is 2.49. The molecular formula is C13H26N2O4. The van der Waals surface area contributed by atoms with Gasteiger partial charge in [-0.25, -0.2) is 9.59 Å². The second-order valence-electron chi connectivity index (χ2n) is 4.71. The maximum Gasteiger partial charge on any atom is 0.326 e. The van der Waals surface area contributed by atoms with Crippen molar-refractivity contribution in [3.8, 4) is 0 Å². The van der Waals surface area contributed by atoms with Gasteiger partial charge < -0.3 is 20.5 Å². The Morgan fingerprint density at radius 2 is 1.95 bits per heavy atom. The van der Waals surface area contributed by atoms with Crippen molar-refractivity contribution in [2.75, 3.05) is 13.2 Å². The summed E-state index contributed by atoms with van der Waals surface area (Å²) < 4.78 is 5.37. The van der Waals surface area contributed by atoms with Gasteiger partial charge in [-0.1, -0.05) is 13.3 Å². The van der Waals surface area contributed by atoms with Gasteiger partial charge in [0.25, 0.3) is 0 Å². The van der Waals surface area contributed by atoms with Gasteiger partial charge in [0.1, 0.15) is 6.04 Å². The number of carbonyl (C=O) groups is 2. The van der Waals surface area contributed by atoms with E-state index in [9.17, 15) is 9.59 Å². The number of unbranched alkanes of at least 4 members (excludes halogenated alkanes) is 1. The Morgan fingerprint density at radius 3 is 2.47 bits per heavy atom. The van der Waals surface area contributed by atoms with Gasteiger partial charge in [-0.05, 0) is 33.1 Å². The van der Waals surface area contributed by atoms with E-state index in [4.69, 9.17) is 9.84 Å². The molecule has 0 aliphatic heterocycles. The molecular weight excluding hydrogens is 248 g/mol. The third kappa shape index (κ3) is 10.3. The number of hydrogen-bond donors (Lipinski definition) is 3. The number of urea groups is 1. The van der Waals surface area contributed by atoms with Gasteiger partial charge in [-0.15, -0.1) is 0 Å². The lowest BCUT2D eigenvalue weighted by atomic mass is 10.2. The number of carboxylic acid groups (broad SMARTS) is 1. The molecule has 0 spiro atoms. The fourth-order valence-electron chi connectivity index (χ4n) is 1.50. The van der Waals surface area contributed by atoms with Crippen molar-refractivity contribution in [2.24, 2.45) is 0 Å². The number of hydrogen-bond acceptors (Lipinski definition) is 3. The van der Waals surface area contributed by atoms with Crippen LogP contribution in [0.3, 0.4) is 0 Å². The van der Waals surface area contributed by atoms with Crippen molar-refractivity contribution in [3.05, 3.63) is 0 Å². The molecule has 2 amide bonds. The minimum absolute atomic E-state index is 0.224. The number of rotatable bonds is 10. The zero-order valence-corrected chi connectivity index (χ0v) is 12.1. The lowest BCUT2D eigenvalue weighted by Crippen LogP contribution is -2.46. The van der Waals surface area contributed by atoms with E-state index < -0.39 is 18.0 Å². The highest BCUT2D eigenvalue weighted by atomic mass is 16.5. The molecule has 1 atom stereocenters. The Morgan fingerprint density at radius 1 is 1.26 bits per heavy atom. The highest BCUT2D eigenvalue weighted by Crippen LogP contribution is 1.97. The van der Waals surface area contributed by atoms with Gasteiger partial charge in [-0.3, -0.25) is 0 Å². The Balaban J connectivity index is 3.65.